The second-order valence-electron chi connectivity index (χ2n) is 4.49. The van der Waals surface area contributed by atoms with Gasteiger partial charge in [-0.2, -0.15) is 0 Å². The van der Waals surface area contributed by atoms with E-state index in [1.165, 1.54) is 23.1 Å². The molecule has 2 N–H and O–H groups in total. The summed E-state index contributed by atoms with van der Waals surface area (Å²) in [5, 5.41) is 18.5. The number of carbonyl (C=O) groups excluding carboxylic acids is 1. The third-order valence-electron chi connectivity index (χ3n) is 3.08. The van der Waals surface area contributed by atoms with Gasteiger partial charge in [-0.1, -0.05) is 11.6 Å². The molecule has 6 nitrogen and oxygen atoms in total. The number of benzene rings is 1. The molecule has 20 heavy (non-hydrogen) atoms. The number of nitrogens with zero attached hydrogens (tertiary/aromatic N) is 1. The molecule has 0 aliphatic carbocycles. The van der Waals surface area contributed by atoms with Gasteiger partial charge >= 0.3 is 5.97 Å². The highest BCUT2D eigenvalue weighted by atomic mass is 35.5. The summed E-state index contributed by atoms with van der Waals surface area (Å²) in [6.07, 6.45) is -0.192. The highest BCUT2D eigenvalue weighted by Crippen LogP contribution is 2.24. The SMILES string of the molecule is O=C(O)CC1COCCN1C(=O)c1cc(O)ccc1Cl. The standard InChI is InChI=1S/C13H14ClNO5/c14-11-2-1-9(16)6-10(11)13(19)15-3-4-20-7-8(15)5-12(17)18/h1-2,6,8,16H,3-5,7H2,(H,17,18). The van der Waals surface area contributed by atoms with E-state index in [0.717, 1.165) is 0 Å². The Balaban J connectivity index is 2.25. The number of phenols is 1. The van der Waals surface area contributed by atoms with E-state index in [9.17, 15) is 14.7 Å². The number of ether oxygens (including phenoxy) is 1. The summed E-state index contributed by atoms with van der Waals surface area (Å²) in [5.41, 5.74) is 0.156. The van der Waals surface area contributed by atoms with Crippen molar-refractivity contribution in [2.75, 3.05) is 19.8 Å². The Hall–Kier alpha value is -1.79. The van der Waals surface area contributed by atoms with Gasteiger partial charge in [0.25, 0.3) is 5.91 Å². The fourth-order valence-electron chi connectivity index (χ4n) is 2.12. The summed E-state index contributed by atoms with van der Waals surface area (Å²) in [7, 11) is 0. The average Bonchev–Trinajstić information content (AvgIpc) is 2.41. The Morgan fingerprint density at radius 2 is 2.20 bits per heavy atom. The molecule has 0 aromatic heterocycles. The molecule has 1 saturated heterocycles. The van der Waals surface area contributed by atoms with Crippen LogP contribution in [0.3, 0.4) is 0 Å². The van der Waals surface area contributed by atoms with Crippen LogP contribution in [0.1, 0.15) is 16.8 Å². The summed E-state index contributed by atoms with van der Waals surface area (Å²) in [4.78, 5) is 24.7. The molecule has 2 rings (SSSR count). The molecule has 1 aliphatic rings. The molecule has 1 fully saturated rings. The maximum atomic E-state index is 12.4. The molecule has 0 bridgehead atoms. The van der Waals surface area contributed by atoms with Crippen LogP contribution in [0, 0.1) is 0 Å². The molecule has 1 amide bonds. The van der Waals surface area contributed by atoms with Crippen LogP contribution in [0.2, 0.25) is 5.02 Å². The average molecular weight is 300 g/mol. The monoisotopic (exact) mass is 299 g/mol. The zero-order valence-electron chi connectivity index (χ0n) is 10.6. The maximum Gasteiger partial charge on any atom is 0.305 e. The van der Waals surface area contributed by atoms with Crippen molar-refractivity contribution in [3.8, 4) is 5.75 Å². The van der Waals surface area contributed by atoms with Gasteiger partial charge in [-0.05, 0) is 18.2 Å². The number of hydrogen-bond donors (Lipinski definition) is 2. The maximum absolute atomic E-state index is 12.4. The zero-order chi connectivity index (χ0) is 14.7. The lowest BCUT2D eigenvalue weighted by atomic mass is 10.1. The number of carbonyl (C=O) groups is 2. The van der Waals surface area contributed by atoms with Gasteiger partial charge in [0.15, 0.2) is 0 Å². The van der Waals surface area contributed by atoms with E-state index < -0.39 is 17.9 Å². The number of carboxylic acid groups (broad SMARTS) is 1. The molecule has 0 saturated carbocycles. The summed E-state index contributed by atoms with van der Waals surface area (Å²) >= 11 is 5.96. The normalized spacial score (nSPS) is 18.9. The number of phenolic OH excluding ortho intramolecular Hbond substituents is 1. The van der Waals surface area contributed by atoms with Crippen LogP contribution in [0.25, 0.3) is 0 Å². The van der Waals surface area contributed by atoms with E-state index in [1.54, 1.807) is 0 Å². The number of hydrogen-bond acceptors (Lipinski definition) is 4. The Labute approximate surface area is 120 Å². The van der Waals surface area contributed by atoms with Crippen molar-refractivity contribution in [2.45, 2.75) is 12.5 Å². The van der Waals surface area contributed by atoms with Crippen LogP contribution < -0.4 is 0 Å². The first-order valence-electron chi connectivity index (χ1n) is 6.08. The van der Waals surface area contributed by atoms with Crippen molar-refractivity contribution < 1.29 is 24.5 Å². The van der Waals surface area contributed by atoms with Crippen LogP contribution in [0.5, 0.6) is 5.75 Å². The molecule has 1 heterocycles. The molecule has 1 aromatic carbocycles. The summed E-state index contributed by atoms with van der Waals surface area (Å²) < 4.78 is 5.21. The lowest BCUT2D eigenvalue weighted by molar-refractivity contribution is -0.139. The van der Waals surface area contributed by atoms with Crippen LogP contribution >= 0.6 is 11.6 Å². The Morgan fingerprint density at radius 1 is 1.45 bits per heavy atom. The number of rotatable bonds is 3. The number of carboxylic acids is 1. The number of halogens is 1. The number of aliphatic carboxylic acids is 1. The molecule has 7 heteroatoms. The fourth-order valence-corrected chi connectivity index (χ4v) is 2.32. The highest BCUT2D eigenvalue weighted by molar-refractivity contribution is 6.33. The van der Waals surface area contributed by atoms with Gasteiger partial charge in [-0.3, -0.25) is 9.59 Å². The van der Waals surface area contributed by atoms with Gasteiger partial charge < -0.3 is 19.8 Å². The van der Waals surface area contributed by atoms with Gasteiger partial charge in [0.1, 0.15) is 5.75 Å². The third-order valence-corrected chi connectivity index (χ3v) is 3.41. The van der Waals surface area contributed by atoms with Crippen molar-refractivity contribution in [3.63, 3.8) is 0 Å². The van der Waals surface area contributed by atoms with Crippen molar-refractivity contribution in [2.24, 2.45) is 0 Å². The van der Waals surface area contributed by atoms with Gasteiger partial charge in [-0.15, -0.1) is 0 Å². The first-order chi connectivity index (χ1) is 9.49. The van der Waals surface area contributed by atoms with Crippen LogP contribution in [-0.4, -0.2) is 52.8 Å². The van der Waals surface area contributed by atoms with Crippen molar-refractivity contribution in [1.29, 1.82) is 0 Å². The van der Waals surface area contributed by atoms with Gasteiger partial charge in [0.2, 0.25) is 0 Å². The quantitative estimate of drug-likeness (QED) is 0.880. The summed E-state index contributed by atoms with van der Waals surface area (Å²) in [5.74, 6) is -1.47. The van der Waals surface area contributed by atoms with E-state index in [0.29, 0.717) is 13.2 Å². The Morgan fingerprint density at radius 3 is 2.90 bits per heavy atom. The van der Waals surface area contributed by atoms with E-state index in [2.05, 4.69) is 0 Å². The number of amides is 1. The van der Waals surface area contributed by atoms with E-state index in [1.807, 2.05) is 0 Å². The lowest BCUT2D eigenvalue weighted by Crippen LogP contribution is -2.49. The molecule has 0 spiro atoms. The van der Waals surface area contributed by atoms with Crippen molar-refractivity contribution >= 4 is 23.5 Å². The first-order valence-corrected chi connectivity index (χ1v) is 6.46. The topological polar surface area (TPSA) is 87.1 Å². The second-order valence-corrected chi connectivity index (χ2v) is 4.90. The molecule has 1 aromatic rings. The van der Waals surface area contributed by atoms with Gasteiger partial charge in [-0.25, -0.2) is 0 Å². The van der Waals surface area contributed by atoms with Crippen molar-refractivity contribution in [3.05, 3.63) is 28.8 Å². The minimum atomic E-state index is -1.000. The predicted molar refractivity (Wildman–Crippen MR) is 71.0 cm³/mol. The second kappa shape index (κ2) is 6.11. The van der Waals surface area contributed by atoms with Gasteiger partial charge in [0.05, 0.1) is 36.3 Å². The zero-order valence-corrected chi connectivity index (χ0v) is 11.3. The lowest BCUT2D eigenvalue weighted by Gasteiger charge is -2.35. The van der Waals surface area contributed by atoms with Crippen LogP contribution in [0.15, 0.2) is 18.2 Å². The van der Waals surface area contributed by atoms with Gasteiger partial charge in [0, 0.05) is 6.54 Å². The van der Waals surface area contributed by atoms with E-state index in [-0.39, 0.29) is 29.4 Å². The minimum absolute atomic E-state index is 0.0687. The Bertz CT molecular complexity index is 533. The van der Waals surface area contributed by atoms with Crippen LogP contribution in [-0.2, 0) is 9.53 Å². The highest BCUT2D eigenvalue weighted by Gasteiger charge is 2.30. The summed E-state index contributed by atoms with van der Waals surface area (Å²) in [6, 6.07) is 3.55. The molecule has 1 atom stereocenters. The molecule has 1 aliphatic heterocycles. The predicted octanol–water partition coefficient (Wildman–Crippen LogP) is 1.36. The smallest absolute Gasteiger partial charge is 0.305 e. The molecular weight excluding hydrogens is 286 g/mol. The fraction of sp³-hybridized carbons (Fsp3) is 0.385. The first kappa shape index (κ1) is 14.6. The molecular formula is C13H14ClNO5. The Kier molecular flexibility index (Phi) is 4.46. The molecule has 108 valence electrons. The largest absolute Gasteiger partial charge is 0.508 e. The third kappa shape index (κ3) is 3.20. The molecule has 1 unspecified atom stereocenters. The van der Waals surface area contributed by atoms with E-state index >= 15 is 0 Å². The van der Waals surface area contributed by atoms with E-state index in [4.69, 9.17) is 21.4 Å². The number of aromatic hydroxyl groups is 1. The minimum Gasteiger partial charge on any atom is -0.508 e. The van der Waals surface area contributed by atoms with Crippen LogP contribution in [0.4, 0.5) is 0 Å². The summed E-state index contributed by atoms with van der Waals surface area (Å²) in [6.45, 7) is 0.815. The number of morpholine rings is 1. The van der Waals surface area contributed by atoms with Crippen molar-refractivity contribution in [1.82, 2.24) is 4.90 Å². The molecule has 0 radical (unpaired) electrons.